The van der Waals surface area contributed by atoms with E-state index in [2.05, 4.69) is 4.90 Å². The van der Waals surface area contributed by atoms with E-state index < -0.39 is 0 Å². The lowest BCUT2D eigenvalue weighted by Gasteiger charge is -2.22. The Balaban J connectivity index is 1.91. The molecule has 1 aromatic carbocycles. The summed E-state index contributed by atoms with van der Waals surface area (Å²) in [4.78, 5) is 14.4. The third kappa shape index (κ3) is 3.98. The normalized spacial score (nSPS) is 18.8. The molecule has 0 amide bonds. The minimum atomic E-state index is 0.183. The van der Waals surface area contributed by atoms with Crippen molar-refractivity contribution in [2.45, 2.75) is 19.4 Å². The lowest BCUT2D eigenvalue weighted by Crippen LogP contribution is -2.35. The van der Waals surface area contributed by atoms with Gasteiger partial charge in [0, 0.05) is 17.4 Å². The fourth-order valence-electron chi connectivity index (χ4n) is 2.22. The van der Waals surface area contributed by atoms with Crippen LogP contribution in [0.5, 0.6) is 5.75 Å². The highest BCUT2D eigenvalue weighted by atomic mass is 32.2. The average Bonchev–Trinajstić information content (AvgIpc) is 2.94. The number of hydrogen-bond donors (Lipinski definition) is 0. The molecule has 0 aromatic heterocycles. The van der Waals surface area contributed by atoms with Gasteiger partial charge in [-0.05, 0) is 50.4 Å². The molecule has 104 valence electrons. The molecule has 19 heavy (non-hydrogen) atoms. The summed E-state index contributed by atoms with van der Waals surface area (Å²) >= 11 is 1.97. The smallest absolute Gasteiger partial charge is 0.176 e. The molecule has 1 aliphatic rings. The van der Waals surface area contributed by atoms with Crippen LogP contribution in [0.3, 0.4) is 0 Å². The van der Waals surface area contributed by atoms with E-state index in [1.807, 2.05) is 50.0 Å². The first-order chi connectivity index (χ1) is 9.20. The number of Topliss-reactive ketones (excluding diaryl/α,β-unsaturated/α-hetero) is 1. The number of benzene rings is 1. The summed E-state index contributed by atoms with van der Waals surface area (Å²) in [5.74, 6) is 3.36. The molecule has 0 bridgehead atoms. The Morgan fingerprint density at radius 2 is 2.16 bits per heavy atom. The third-order valence-electron chi connectivity index (χ3n) is 3.41. The zero-order valence-corrected chi connectivity index (χ0v) is 12.4. The predicted molar refractivity (Wildman–Crippen MR) is 80.3 cm³/mol. The van der Waals surface area contributed by atoms with E-state index in [-0.39, 0.29) is 5.78 Å². The lowest BCUT2D eigenvalue weighted by atomic mass is 10.1. The number of nitrogens with zero attached hydrogens (tertiary/aromatic N) is 1. The Labute approximate surface area is 119 Å². The van der Waals surface area contributed by atoms with Gasteiger partial charge in [0.05, 0.1) is 13.2 Å². The van der Waals surface area contributed by atoms with E-state index in [0.29, 0.717) is 19.2 Å². The van der Waals surface area contributed by atoms with Crippen molar-refractivity contribution in [3.8, 4) is 5.75 Å². The van der Waals surface area contributed by atoms with Crippen molar-refractivity contribution >= 4 is 17.5 Å². The van der Waals surface area contributed by atoms with Gasteiger partial charge in [0.1, 0.15) is 5.75 Å². The third-order valence-corrected chi connectivity index (χ3v) is 4.55. The molecule has 0 N–H and O–H groups in total. The average molecular weight is 279 g/mol. The van der Waals surface area contributed by atoms with Gasteiger partial charge in [-0.1, -0.05) is 0 Å². The zero-order chi connectivity index (χ0) is 13.7. The van der Waals surface area contributed by atoms with Crippen molar-refractivity contribution in [2.24, 2.45) is 0 Å². The Morgan fingerprint density at radius 1 is 1.42 bits per heavy atom. The van der Waals surface area contributed by atoms with Crippen molar-refractivity contribution in [1.29, 1.82) is 0 Å². The quantitative estimate of drug-likeness (QED) is 0.749. The summed E-state index contributed by atoms with van der Waals surface area (Å²) in [6, 6.07) is 7.98. The molecule has 1 aliphatic heterocycles. The Morgan fingerprint density at radius 3 is 2.74 bits per heavy atom. The van der Waals surface area contributed by atoms with Crippen LogP contribution in [0.2, 0.25) is 0 Å². The number of rotatable bonds is 6. The molecule has 1 aromatic rings. The molecule has 0 aliphatic carbocycles. The molecule has 1 atom stereocenters. The van der Waals surface area contributed by atoms with Gasteiger partial charge in [-0.15, -0.1) is 0 Å². The second-order valence-electron chi connectivity index (χ2n) is 4.81. The summed E-state index contributed by atoms with van der Waals surface area (Å²) in [5.41, 5.74) is 0.765. The fourth-order valence-corrected chi connectivity index (χ4v) is 3.52. The van der Waals surface area contributed by atoms with Crippen LogP contribution in [0.15, 0.2) is 24.3 Å². The van der Waals surface area contributed by atoms with Crippen molar-refractivity contribution in [3.63, 3.8) is 0 Å². The first-order valence-corrected chi connectivity index (χ1v) is 7.90. The van der Waals surface area contributed by atoms with Crippen LogP contribution in [0.25, 0.3) is 0 Å². The van der Waals surface area contributed by atoms with Crippen molar-refractivity contribution in [2.75, 3.05) is 31.7 Å². The number of thioether (sulfide) groups is 1. The molecule has 1 unspecified atom stereocenters. The van der Waals surface area contributed by atoms with Crippen LogP contribution < -0.4 is 4.74 Å². The highest BCUT2D eigenvalue weighted by molar-refractivity contribution is 7.99. The van der Waals surface area contributed by atoms with Gasteiger partial charge >= 0.3 is 0 Å². The molecule has 0 radical (unpaired) electrons. The Kier molecular flexibility index (Phi) is 5.28. The van der Waals surface area contributed by atoms with Gasteiger partial charge in [-0.25, -0.2) is 0 Å². The van der Waals surface area contributed by atoms with E-state index in [9.17, 15) is 4.79 Å². The SMILES string of the molecule is CCOc1ccc(C(=O)CN(C)C2CCSC2)cc1. The van der Waals surface area contributed by atoms with Crippen molar-refractivity contribution < 1.29 is 9.53 Å². The summed E-state index contributed by atoms with van der Waals surface area (Å²) < 4.78 is 5.38. The molecule has 2 rings (SSSR count). The summed E-state index contributed by atoms with van der Waals surface area (Å²) in [7, 11) is 2.04. The molecule has 1 saturated heterocycles. The van der Waals surface area contributed by atoms with E-state index >= 15 is 0 Å². The number of ether oxygens (including phenoxy) is 1. The number of carbonyl (C=O) groups is 1. The molecule has 4 heteroatoms. The molecule has 1 heterocycles. The fraction of sp³-hybridized carbons (Fsp3) is 0.533. The first kappa shape index (κ1) is 14.4. The highest BCUT2D eigenvalue weighted by Gasteiger charge is 2.21. The van der Waals surface area contributed by atoms with E-state index in [1.54, 1.807) is 0 Å². The standard InChI is InChI=1S/C15H21NO2S/c1-3-18-14-6-4-12(5-7-14)15(17)10-16(2)13-8-9-19-11-13/h4-7,13H,3,8-11H2,1-2H3. The van der Waals surface area contributed by atoms with Gasteiger partial charge in [0.2, 0.25) is 0 Å². The van der Waals surface area contributed by atoms with Gasteiger partial charge in [-0.3, -0.25) is 9.69 Å². The lowest BCUT2D eigenvalue weighted by molar-refractivity contribution is 0.0927. The van der Waals surface area contributed by atoms with Crippen LogP contribution in [-0.2, 0) is 0 Å². The van der Waals surface area contributed by atoms with Crippen LogP contribution in [0.4, 0.5) is 0 Å². The van der Waals surface area contributed by atoms with Crippen LogP contribution in [0, 0.1) is 0 Å². The van der Waals surface area contributed by atoms with Gasteiger partial charge < -0.3 is 4.74 Å². The summed E-state index contributed by atoms with van der Waals surface area (Å²) in [6.45, 7) is 3.10. The van der Waals surface area contributed by atoms with Gasteiger partial charge in [0.25, 0.3) is 0 Å². The van der Waals surface area contributed by atoms with Crippen molar-refractivity contribution in [1.82, 2.24) is 4.90 Å². The Bertz CT molecular complexity index is 413. The molecular weight excluding hydrogens is 258 g/mol. The maximum Gasteiger partial charge on any atom is 0.176 e. The number of carbonyl (C=O) groups excluding carboxylic acids is 1. The predicted octanol–water partition coefficient (Wildman–Crippen LogP) is 2.71. The minimum absolute atomic E-state index is 0.183. The number of hydrogen-bond acceptors (Lipinski definition) is 4. The van der Waals surface area contributed by atoms with E-state index in [1.165, 1.54) is 12.2 Å². The second kappa shape index (κ2) is 6.96. The van der Waals surface area contributed by atoms with Gasteiger partial charge in [0.15, 0.2) is 5.78 Å². The zero-order valence-electron chi connectivity index (χ0n) is 11.6. The van der Waals surface area contributed by atoms with Crippen LogP contribution >= 0.6 is 11.8 Å². The summed E-state index contributed by atoms with van der Waals surface area (Å²) in [6.07, 6.45) is 1.19. The highest BCUT2D eigenvalue weighted by Crippen LogP contribution is 2.21. The van der Waals surface area contributed by atoms with Gasteiger partial charge in [-0.2, -0.15) is 11.8 Å². The Hall–Kier alpha value is -1.00. The molecule has 0 saturated carbocycles. The number of likely N-dealkylation sites (N-methyl/N-ethyl adjacent to an activating group) is 1. The maximum absolute atomic E-state index is 12.2. The van der Waals surface area contributed by atoms with Crippen molar-refractivity contribution in [3.05, 3.63) is 29.8 Å². The monoisotopic (exact) mass is 279 g/mol. The largest absolute Gasteiger partial charge is 0.494 e. The topological polar surface area (TPSA) is 29.5 Å². The minimum Gasteiger partial charge on any atom is -0.494 e. The number of ketones is 1. The molecule has 3 nitrogen and oxygen atoms in total. The second-order valence-corrected chi connectivity index (χ2v) is 5.96. The van der Waals surface area contributed by atoms with E-state index in [4.69, 9.17) is 4.74 Å². The molecular formula is C15H21NO2S. The maximum atomic E-state index is 12.2. The van der Waals surface area contributed by atoms with Crippen LogP contribution in [-0.4, -0.2) is 48.4 Å². The van der Waals surface area contributed by atoms with E-state index in [0.717, 1.165) is 17.1 Å². The summed E-state index contributed by atoms with van der Waals surface area (Å²) in [5, 5.41) is 0. The first-order valence-electron chi connectivity index (χ1n) is 6.74. The van der Waals surface area contributed by atoms with Crippen LogP contribution in [0.1, 0.15) is 23.7 Å². The molecule has 1 fully saturated rings. The molecule has 0 spiro atoms.